The number of carbonyl (C=O) groups excluding carboxylic acids is 3. The summed E-state index contributed by atoms with van der Waals surface area (Å²) in [6.07, 6.45) is 1.58. The molecule has 0 aliphatic heterocycles. The number of carboxylic acid groups (broad SMARTS) is 1. The Morgan fingerprint density at radius 1 is 1.00 bits per heavy atom. The maximum absolute atomic E-state index is 14.7. The van der Waals surface area contributed by atoms with Gasteiger partial charge in [-0.25, -0.2) is 9.07 Å². The molecule has 0 fully saturated rings. The molecule has 1 aromatic heterocycles. The van der Waals surface area contributed by atoms with Gasteiger partial charge in [0.25, 0.3) is 5.91 Å². The van der Waals surface area contributed by atoms with E-state index < -0.39 is 35.5 Å². The van der Waals surface area contributed by atoms with Crippen LogP contribution in [0.3, 0.4) is 0 Å². The third kappa shape index (κ3) is 8.91. The first-order valence-corrected chi connectivity index (χ1v) is 13.5. The van der Waals surface area contributed by atoms with Crippen molar-refractivity contribution in [2.75, 3.05) is 11.9 Å². The Hall–Kier alpha value is -5.17. The quantitative estimate of drug-likeness (QED) is 0.180. The summed E-state index contributed by atoms with van der Waals surface area (Å²) in [6.45, 7) is -0.163. The Morgan fingerprint density at radius 2 is 1.79 bits per heavy atom. The SMILES string of the molecule is O=C(O)CCNC(=O)c1ccc(NC(=O)[C@H](Cc2ccccc2)NC(=O)CCc2cc(Cl)ccc2-n2cnnn2)cc1F. The Bertz CT molecular complexity index is 1600. The van der Waals surface area contributed by atoms with E-state index in [2.05, 4.69) is 31.5 Å². The molecule has 0 unspecified atom stereocenters. The molecule has 0 bridgehead atoms. The summed E-state index contributed by atoms with van der Waals surface area (Å²) in [7, 11) is 0. The van der Waals surface area contributed by atoms with Crippen LogP contribution in [0.1, 0.15) is 34.3 Å². The smallest absolute Gasteiger partial charge is 0.305 e. The van der Waals surface area contributed by atoms with Gasteiger partial charge in [-0.15, -0.1) is 5.10 Å². The molecule has 0 radical (unpaired) electrons. The molecule has 0 spiro atoms. The summed E-state index contributed by atoms with van der Waals surface area (Å²) < 4.78 is 16.2. The Kier molecular flexibility index (Phi) is 10.5. The van der Waals surface area contributed by atoms with Crippen LogP contribution >= 0.6 is 11.6 Å². The number of rotatable bonds is 13. The van der Waals surface area contributed by atoms with Crippen LogP contribution in [0.5, 0.6) is 0 Å². The molecular weight excluding hydrogens is 581 g/mol. The van der Waals surface area contributed by atoms with Crippen molar-refractivity contribution in [3.8, 4) is 5.69 Å². The van der Waals surface area contributed by atoms with E-state index in [9.17, 15) is 23.6 Å². The monoisotopic (exact) mass is 607 g/mol. The summed E-state index contributed by atoms with van der Waals surface area (Å²) >= 11 is 6.17. The van der Waals surface area contributed by atoms with E-state index in [1.165, 1.54) is 23.1 Å². The molecule has 222 valence electrons. The molecule has 0 saturated heterocycles. The fraction of sp³-hybridized carbons (Fsp3) is 0.207. The van der Waals surface area contributed by atoms with Gasteiger partial charge in [-0.1, -0.05) is 41.9 Å². The zero-order valence-electron chi connectivity index (χ0n) is 22.7. The lowest BCUT2D eigenvalue weighted by molar-refractivity contribution is -0.136. The highest BCUT2D eigenvalue weighted by Gasteiger charge is 2.23. The predicted octanol–water partition coefficient (Wildman–Crippen LogP) is 2.96. The van der Waals surface area contributed by atoms with Gasteiger partial charge < -0.3 is 21.1 Å². The number of aromatic nitrogens is 4. The van der Waals surface area contributed by atoms with Gasteiger partial charge in [0, 0.05) is 30.1 Å². The molecule has 0 aliphatic carbocycles. The number of hydrogen-bond donors (Lipinski definition) is 4. The van der Waals surface area contributed by atoms with Crippen molar-refractivity contribution in [2.24, 2.45) is 0 Å². The summed E-state index contributed by atoms with van der Waals surface area (Å²) in [4.78, 5) is 49.2. The van der Waals surface area contributed by atoms with Gasteiger partial charge in [0.05, 0.1) is 17.7 Å². The number of halogens is 2. The van der Waals surface area contributed by atoms with Crippen LogP contribution in [0, 0.1) is 5.82 Å². The van der Waals surface area contributed by atoms with Crippen LogP contribution in [0.15, 0.2) is 73.1 Å². The largest absolute Gasteiger partial charge is 0.481 e. The number of tetrazole rings is 1. The highest BCUT2D eigenvalue weighted by Crippen LogP contribution is 2.21. The van der Waals surface area contributed by atoms with Crippen molar-refractivity contribution < 1.29 is 28.7 Å². The van der Waals surface area contributed by atoms with Gasteiger partial charge in [0.1, 0.15) is 18.2 Å². The number of anilines is 1. The lowest BCUT2D eigenvalue weighted by Crippen LogP contribution is -2.45. The lowest BCUT2D eigenvalue weighted by Gasteiger charge is -2.19. The zero-order valence-corrected chi connectivity index (χ0v) is 23.4. The van der Waals surface area contributed by atoms with Crippen LogP contribution < -0.4 is 16.0 Å². The van der Waals surface area contributed by atoms with Gasteiger partial charge >= 0.3 is 5.97 Å². The van der Waals surface area contributed by atoms with Crippen molar-refractivity contribution in [3.63, 3.8) is 0 Å². The van der Waals surface area contributed by atoms with Crippen molar-refractivity contribution in [2.45, 2.75) is 31.7 Å². The van der Waals surface area contributed by atoms with Crippen LogP contribution in [0.4, 0.5) is 10.1 Å². The Labute approximate surface area is 250 Å². The van der Waals surface area contributed by atoms with E-state index in [4.69, 9.17) is 16.7 Å². The molecule has 0 aliphatic rings. The summed E-state index contributed by atoms with van der Waals surface area (Å²) in [5.74, 6) is -3.79. The van der Waals surface area contributed by atoms with Crippen molar-refractivity contribution in [3.05, 3.63) is 101 Å². The molecule has 1 heterocycles. The predicted molar refractivity (Wildman–Crippen MR) is 154 cm³/mol. The number of hydrogen-bond acceptors (Lipinski definition) is 7. The first-order valence-electron chi connectivity index (χ1n) is 13.1. The highest BCUT2D eigenvalue weighted by molar-refractivity contribution is 6.30. The summed E-state index contributed by atoms with van der Waals surface area (Å²) in [5.41, 5.74) is 1.93. The molecule has 12 nitrogen and oxygen atoms in total. The number of aliphatic carboxylic acids is 1. The normalized spacial score (nSPS) is 11.4. The molecule has 4 aromatic rings. The summed E-state index contributed by atoms with van der Waals surface area (Å²) in [5, 5.41) is 28.0. The number of carbonyl (C=O) groups is 4. The van der Waals surface area contributed by atoms with Crippen LogP contribution in [-0.4, -0.2) is 61.6 Å². The van der Waals surface area contributed by atoms with Gasteiger partial charge in [-0.05, 0) is 64.4 Å². The van der Waals surface area contributed by atoms with Crippen molar-refractivity contribution in [1.29, 1.82) is 0 Å². The molecule has 4 N–H and O–H groups in total. The lowest BCUT2D eigenvalue weighted by atomic mass is 10.0. The van der Waals surface area contributed by atoms with Gasteiger partial charge in [-0.3, -0.25) is 19.2 Å². The van der Waals surface area contributed by atoms with Crippen molar-refractivity contribution in [1.82, 2.24) is 30.8 Å². The Balaban J connectivity index is 1.44. The topological polar surface area (TPSA) is 168 Å². The van der Waals surface area contributed by atoms with Crippen LogP contribution in [0.2, 0.25) is 5.02 Å². The number of amides is 3. The Morgan fingerprint density at radius 3 is 2.49 bits per heavy atom. The van der Waals surface area contributed by atoms with E-state index in [-0.39, 0.29) is 43.5 Å². The minimum Gasteiger partial charge on any atom is -0.481 e. The fourth-order valence-electron chi connectivity index (χ4n) is 4.21. The zero-order chi connectivity index (χ0) is 30.8. The van der Waals surface area contributed by atoms with Gasteiger partial charge in [-0.2, -0.15) is 0 Å². The van der Waals surface area contributed by atoms with Crippen LogP contribution in [-0.2, 0) is 27.2 Å². The van der Waals surface area contributed by atoms with Crippen LogP contribution in [0.25, 0.3) is 5.69 Å². The summed E-state index contributed by atoms with van der Waals surface area (Å²) in [6, 6.07) is 16.7. The van der Waals surface area contributed by atoms with Gasteiger partial charge in [0.2, 0.25) is 11.8 Å². The number of benzene rings is 3. The molecule has 4 rings (SSSR count). The van der Waals surface area contributed by atoms with E-state index in [0.717, 1.165) is 17.2 Å². The number of nitrogens with one attached hydrogen (secondary N) is 3. The second-order valence-electron chi connectivity index (χ2n) is 9.42. The second-order valence-corrected chi connectivity index (χ2v) is 9.86. The second kappa shape index (κ2) is 14.6. The van der Waals surface area contributed by atoms with Gasteiger partial charge in [0.15, 0.2) is 0 Å². The maximum atomic E-state index is 14.7. The first kappa shape index (κ1) is 30.8. The van der Waals surface area contributed by atoms with E-state index in [0.29, 0.717) is 10.7 Å². The number of aryl methyl sites for hydroxylation is 1. The molecule has 1 atom stereocenters. The number of carboxylic acids is 1. The molecule has 3 amide bonds. The van der Waals surface area contributed by atoms with E-state index >= 15 is 0 Å². The standard InChI is InChI=1S/C29H27ClFN7O5/c30-20-7-10-25(38-17-33-36-37-38)19(15-20)6-11-26(39)35-24(14-18-4-2-1-3-5-18)29(43)34-21-8-9-22(23(31)16-21)28(42)32-13-12-27(40)41/h1-5,7-10,15-17,24H,6,11-14H2,(H,32,42)(H,34,43)(H,35,39)(H,40,41)/t24-/m0/s1. The minimum atomic E-state index is -1.10. The maximum Gasteiger partial charge on any atom is 0.305 e. The molecule has 43 heavy (non-hydrogen) atoms. The fourth-order valence-corrected chi connectivity index (χ4v) is 4.40. The van der Waals surface area contributed by atoms with Crippen molar-refractivity contribution >= 4 is 41.0 Å². The third-order valence-corrected chi connectivity index (χ3v) is 6.53. The third-order valence-electron chi connectivity index (χ3n) is 6.30. The minimum absolute atomic E-state index is 0.0222. The van der Waals surface area contributed by atoms with E-state index in [1.54, 1.807) is 30.3 Å². The molecule has 0 saturated carbocycles. The molecular formula is C29H27ClFN7O5. The average Bonchev–Trinajstić information content (AvgIpc) is 3.51. The highest BCUT2D eigenvalue weighted by atomic mass is 35.5. The molecule has 3 aromatic carbocycles. The molecule has 14 heteroatoms. The van der Waals surface area contributed by atoms with E-state index in [1.807, 2.05) is 18.2 Å². The first-order chi connectivity index (χ1) is 20.7. The average molecular weight is 608 g/mol. The number of nitrogens with zero attached hydrogens (tertiary/aromatic N) is 4.